The molecular formula is C22H21N3O2. The number of rotatable bonds is 6. The second-order valence-electron chi connectivity index (χ2n) is 6.36. The molecule has 0 fully saturated rings. The highest BCUT2D eigenvalue weighted by Crippen LogP contribution is 2.13. The second kappa shape index (κ2) is 8.27. The first kappa shape index (κ1) is 18.3. The topological polar surface area (TPSA) is 71.1 Å². The Hall–Kier alpha value is -3.47. The van der Waals surface area contributed by atoms with Crippen LogP contribution in [-0.2, 0) is 6.54 Å². The second-order valence-corrected chi connectivity index (χ2v) is 6.36. The lowest BCUT2D eigenvalue weighted by molar-refractivity contribution is 0.101. The lowest BCUT2D eigenvalue weighted by Gasteiger charge is -2.08. The molecule has 0 radical (unpaired) electrons. The molecule has 27 heavy (non-hydrogen) atoms. The number of pyridine rings is 1. The summed E-state index contributed by atoms with van der Waals surface area (Å²) in [5.41, 5.74) is 4.10. The summed E-state index contributed by atoms with van der Waals surface area (Å²) in [4.78, 5) is 27.9. The molecule has 1 aromatic heterocycles. The van der Waals surface area contributed by atoms with Crippen molar-refractivity contribution in [1.82, 2.24) is 4.98 Å². The molecule has 0 saturated heterocycles. The summed E-state index contributed by atoms with van der Waals surface area (Å²) in [6.45, 7) is 4.23. The molecule has 5 heteroatoms. The van der Waals surface area contributed by atoms with Crippen molar-refractivity contribution in [3.63, 3.8) is 0 Å². The van der Waals surface area contributed by atoms with Crippen molar-refractivity contribution in [2.75, 3.05) is 10.6 Å². The molecule has 1 amide bonds. The summed E-state index contributed by atoms with van der Waals surface area (Å²) < 4.78 is 0. The number of hydrogen-bond acceptors (Lipinski definition) is 4. The average molecular weight is 359 g/mol. The third-order valence-electron chi connectivity index (χ3n) is 4.17. The number of nitrogens with one attached hydrogen (secondary N) is 2. The maximum atomic E-state index is 12.3. The highest BCUT2D eigenvalue weighted by atomic mass is 16.1. The largest absolute Gasteiger partial charge is 0.366 e. The van der Waals surface area contributed by atoms with Gasteiger partial charge >= 0.3 is 0 Å². The molecule has 0 aliphatic carbocycles. The summed E-state index contributed by atoms with van der Waals surface area (Å²) in [6.07, 6.45) is 1.54. The Kier molecular flexibility index (Phi) is 5.61. The number of carbonyl (C=O) groups is 2. The monoisotopic (exact) mass is 359 g/mol. The van der Waals surface area contributed by atoms with E-state index in [4.69, 9.17) is 0 Å². The van der Waals surface area contributed by atoms with Crippen LogP contribution in [0.4, 0.5) is 11.5 Å². The van der Waals surface area contributed by atoms with E-state index >= 15 is 0 Å². The first-order valence-electron chi connectivity index (χ1n) is 8.69. The molecule has 0 bridgehead atoms. The maximum Gasteiger partial charge on any atom is 0.257 e. The summed E-state index contributed by atoms with van der Waals surface area (Å²) in [5, 5.41) is 6.03. The number of Topliss-reactive ketones (excluding diaryl/α,β-unsaturated/α-hetero) is 1. The van der Waals surface area contributed by atoms with Crippen LogP contribution in [0.3, 0.4) is 0 Å². The Labute approximate surface area is 158 Å². The number of nitrogens with zero attached hydrogens (tertiary/aromatic N) is 1. The predicted octanol–water partition coefficient (Wildman–Crippen LogP) is 4.46. The number of benzene rings is 2. The molecule has 3 rings (SSSR count). The Balaban J connectivity index is 1.58. The van der Waals surface area contributed by atoms with E-state index in [9.17, 15) is 9.59 Å². The normalized spacial score (nSPS) is 10.3. The number of ketones is 1. The number of carbonyl (C=O) groups excluding carboxylic acids is 2. The highest BCUT2D eigenvalue weighted by Gasteiger charge is 2.07. The predicted molar refractivity (Wildman–Crippen MR) is 107 cm³/mol. The summed E-state index contributed by atoms with van der Waals surface area (Å²) in [7, 11) is 0. The molecule has 0 unspecified atom stereocenters. The van der Waals surface area contributed by atoms with Crippen LogP contribution < -0.4 is 10.6 Å². The molecule has 0 aliphatic heterocycles. The SMILES string of the molecule is CC(=O)c1ccc(NC(=O)c2ccc(NCc3ccc(C)cc3)nc2)cc1. The van der Waals surface area contributed by atoms with Crippen LogP contribution in [0, 0.1) is 6.92 Å². The zero-order valence-corrected chi connectivity index (χ0v) is 15.3. The molecular weight excluding hydrogens is 338 g/mol. The minimum Gasteiger partial charge on any atom is -0.366 e. The fourth-order valence-electron chi connectivity index (χ4n) is 2.52. The number of hydrogen-bond donors (Lipinski definition) is 2. The molecule has 0 spiro atoms. The van der Waals surface area contributed by atoms with E-state index in [-0.39, 0.29) is 11.7 Å². The smallest absolute Gasteiger partial charge is 0.257 e. The van der Waals surface area contributed by atoms with Gasteiger partial charge in [0, 0.05) is 24.0 Å². The van der Waals surface area contributed by atoms with Gasteiger partial charge in [-0.05, 0) is 55.8 Å². The van der Waals surface area contributed by atoms with Gasteiger partial charge < -0.3 is 10.6 Å². The summed E-state index contributed by atoms with van der Waals surface area (Å²) in [5.74, 6) is 0.451. The van der Waals surface area contributed by atoms with Gasteiger partial charge in [0.1, 0.15) is 5.82 Å². The third-order valence-corrected chi connectivity index (χ3v) is 4.17. The van der Waals surface area contributed by atoms with Crippen LogP contribution in [0.2, 0.25) is 0 Å². The lowest BCUT2D eigenvalue weighted by atomic mass is 10.1. The van der Waals surface area contributed by atoms with Crippen LogP contribution in [0.15, 0.2) is 66.9 Å². The lowest BCUT2D eigenvalue weighted by Crippen LogP contribution is -2.12. The van der Waals surface area contributed by atoms with E-state index in [0.717, 1.165) is 0 Å². The molecule has 2 N–H and O–H groups in total. The van der Waals surface area contributed by atoms with Crippen molar-refractivity contribution < 1.29 is 9.59 Å². The van der Waals surface area contributed by atoms with Crippen LogP contribution in [0.5, 0.6) is 0 Å². The van der Waals surface area contributed by atoms with E-state index in [2.05, 4.69) is 46.8 Å². The van der Waals surface area contributed by atoms with E-state index in [1.807, 2.05) is 0 Å². The number of anilines is 2. The van der Waals surface area contributed by atoms with Crippen molar-refractivity contribution in [3.05, 3.63) is 89.1 Å². The Bertz CT molecular complexity index is 931. The Morgan fingerprint density at radius 3 is 2.15 bits per heavy atom. The van der Waals surface area contributed by atoms with Crippen molar-refractivity contribution in [2.24, 2.45) is 0 Å². The molecule has 0 atom stereocenters. The molecule has 3 aromatic rings. The van der Waals surface area contributed by atoms with Gasteiger partial charge in [-0.25, -0.2) is 4.98 Å². The number of aromatic nitrogens is 1. The van der Waals surface area contributed by atoms with E-state index in [1.165, 1.54) is 24.2 Å². The van der Waals surface area contributed by atoms with Gasteiger partial charge in [-0.15, -0.1) is 0 Å². The zero-order valence-electron chi connectivity index (χ0n) is 15.3. The zero-order chi connectivity index (χ0) is 19.2. The fraction of sp³-hybridized carbons (Fsp3) is 0.136. The van der Waals surface area contributed by atoms with Crippen molar-refractivity contribution in [2.45, 2.75) is 20.4 Å². The molecule has 1 heterocycles. The van der Waals surface area contributed by atoms with Crippen LogP contribution >= 0.6 is 0 Å². The summed E-state index contributed by atoms with van der Waals surface area (Å²) >= 11 is 0. The van der Waals surface area contributed by atoms with Gasteiger partial charge in [0.15, 0.2) is 5.78 Å². The summed E-state index contributed by atoms with van der Waals surface area (Å²) in [6, 6.07) is 18.6. The van der Waals surface area contributed by atoms with Crippen LogP contribution in [-0.4, -0.2) is 16.7 Å². The van der Waals surface area contributed by atoms with Gasteiger partial charge in [-0.1, -0.05) is 29.8 Å². The minimum atomic E-state index is -0.247. The molecule has 0 aliphatic rings. The third kappa shape index (κ3) is 5.01. The van der Waals surface area contributed by atoms with Crippen molar-refractivity contribution in [3.8, 4) is 0 Å². The van der Waals surface area contributed by atoms with Gasteiger partial charge in [0.2, 0.25) is 0 Å². The standard InChI is InChI=1S/C22H21N3O2/c1-15-3-5-17(6-4-15)13-23-21-12-9-19(14-24-21)22(27)25-20-10-7-18(8-11-20)16(2)26/h3-12,14H,13H2,1-2H3,(H,23,24)(H,25,27). The van der Waals surface area contributed by atoms with Crippen molar-refractivity contribution >= 4 is 23.2 Å². The average Bonchev–Trinajstić information content (AvgIpc) is 2.68. The molecule has 2 aromatic carbocycles. The molecule has 0 saturated carbocycles. The van der Waals surface area contributed by atoms with Crippen LogP contribution in [0.25, 0.3) is 0 Å². The first-order chi connectivity index (χ1) is 13.0. The maximum absolute atomic E-state index is 12.3. The minimum absolute atomic E-state index is 0.00852. The first-order valence-corrected chi connectivity index (χ1v) is 8.69. The van der Waals surface area contributed by atoms with Gasteiger partial charge in [0.05, 0.1) is 5.56 Å². The molecule has 136 valence electrons. The Morgan fingerprint density at radius 1 is 0.889 bits per heavy atom. The van der Waals surface area contributed by atoms with E-state index < -0.39 is 0 Å². The van der Waals surface area contributed by atoms with Crippen LogP contribution in [0.1, 0.15) is 38.8 Å². The van der Waals surface area contributed by atoms with E-state index in [1.54, 1.807) is 36.4 Å². The highest BCUT2D eigenvalue weighted by molar-refractivity contribution is 6.04. The van der Waals surface area contributed by atoms with Crippen molar-refractivity contribution in [1.29, 1.82) is 0 Å². The van der Waals surface area contributed by atoms with Gasteiger partial charge in [-0.3, -0.25) is 9.59 Å². The number of aryl methyl sites for hydroxylation is 1. The number of amides is 1. The quantitative estimate of drug-likeness (QED) is 0.638. The van der Waals surface area contributed by atoms with Gasteiger partial charge in [0.25, 0.3) is 5.91 Å². The fourth-order valence-corrected chi connectivity index (χ4v) is 2.52. The molecule has 5 nitrogen and oxygen atoms in total. The van der Waals surface area contributed by atoms with E-state index in [0.29, 0.717) is 29.2 Å². The van der Waals surface area contributed by atoms with Gasteiger partial charge in [-0.2, -0.15) is 0 Å². The Morgan fingerprint density at radius 2 is 1.56 bits per heavy atom.